The Morgan fingerprint density at radius 2 is 2.17 bits per heavy atom. The average molecular weight is 291 g/mol. The SMILES string of the molecule is CS(=O)(=O)CCOc1cc(C#CCCl)ccc1F. The molecule has 0 spiro atoms. The maximum absolute atomic E-state index is 13.4. The van der Waals surface area contributed by atoms with E-state index >= 15 is 0 Å². The summed E-state index contributed by atoms with van der Waals surface area (Å²) in [6, 6.07) is 4.13. The van der Waals surface area contributed by atoms with E-state index in [-0.39, 0.29) is 24.0 Å². The van der Waals surface area contributed by atoms with Gasteiger partial charge in [-0.05, 0) is 18.2 Å². The Hall–Kier alpha value is -1.25. The molecule has 0 radical (unpaired) electrons. The van der Waals surface area contributed by atoms with Gasteiger partial charge in [0.25, 0.3) is 0 Å². The van der Waals surface area contributed by atoms with E-state index in [1.165, 1.54) is 18.2 Å². The minimum atomic E-state index is -3.12. The first-order valence-electron chi connectivity index (χ1n) is 5.07. The van der Waals surface area contributed by atoms with Crippen molar-refractivity contribution in [2.45, 2.75) is 0 Å². The van der Waals surface area contributed by atoms with Crippen LogP contribution in [0.3, 0.4) is 0 Å². The molecule has 0 bridgehead atoms. The molecule has 0 aliphatic carbocycles. The first-order chi connectivity index (χ1) is 8.42. The summed E-state index contributed by atoms with van der Waals surface area (Å²) in [6.07, 6.45) is 1.09. The number of rotatable bonds is 4. The highest BCUT2D eigenvalue weighted by atomic mass is 35.5. The fraction of sp³-hybridized carbons (Fsp3) is 0.333. The van der Waals surface area contributed by atoms with Gasteiger partial charge in [0, 0.05) is 11.8 Å². The van der Waals surface area contributed by atoms with Gasteiger partial charge in [0.15, 0.2) is 21.4 Å². The molecule has 0 saturated carbocycles. The Morgan fingerprint density at radius 3 is 2.78 bits per heavy atom. The van der Waals surface area contributed by atoms with Gasteiger partial charge in [-0.15, -0.1) is 11.6 Å². The molecule has 6 heteroatoms. The van der Waals surface area contributed by atoms with E-state index in [0.29, 0.717) is 5.56 Å². The Labute approximate surface area is 111 Å². The summed E-state index contributed by atoms with van der Waals surface area (Å²) in [7, 11) is -3.12. The number of hydrogen-bond acceptors (Lipinski definition) is 3. The first-order valence-corrected chi connectivity index (χ1v) is 7.67. The Morgan fingerprint density at radius 1 is 1.44 bits per heavy atom. The molecule has 0 N–H and O–H groups in total. The normalized spacial score (nSPS) is 10.6. The molecule has 0 fully saturated rings. The number of hydrogen-bond donors (Lipinski definition) is 0. The molecule has 98 valence electrons. The number of alkyl halides is 1. The largest absolute Gasteiger partial charge is 0.489 e. The second-order valence-electron chi connectivity index (χ2n) is 3.56. The fourth-order valence-corrected chi connectivity index (χ4v) is 1.58. The number of benzene rings is 1. The van der Waals surface area contributed by atoms with E-state index in [1.807, 2.05) is 0 Å². The van der Waals surface area contributed by atoms with Gasteiger partial charge in [-0.3, -0.25) is 0 Å². The zero-order chi connectivity index (χ0) is 13.6. The Bertz CT molecular complexity index is 573. The lowest BCUT2D eigenvalue weighted by molar-refractivity contribution is 0.322. The summed E-state index contributed by atoms with van der Waals surface area (Å²) in [6.45, 7) is -0.0951. The highest BCUT2D eigenvalue weighted by Crippen LogP contribution is 2.18. The topological polar surface area (TPSA) is 43.4 Å². The monoisotopic (exact) mass is 290 g/mol. The van der Waals surface area contributed by atoms with Crippen LogP contribution >= 0.6 is 11.6 Å². The van der Waals surface area contributed by atoms with E-state index in [1.54, 1.807) is 0 Å². The molecular weight excluding hydrogens is 279 g/mol. The molecular formula is C12H12ClFO3S. The number of halogens is 2. The summed E-state index contributed by atoms with van der Waals surface area (Å²) in [5.74, 6) is 4.80. The van der Waals surface area contributed by atoms with E-state index in [2.05, 4.69) is 11.8 Å². The van der Waals surface area contributed by atoms with Gasteiger partial charge >= 0.3 is 0 Å². The van der Waals surface area contributed by atoms with Crippen LogP contribution in [-0.4, -0.2) is 32.9 Å². The first kappa shape index (κ1) is 14.8. The van der Waals surface area contributed by atoms with Gasteiger partial charge in [-0.1, -0.05) is 11.8 Å². The minimum Gasteiger partial charge on any atom is -0.489 e. The van der Waals surface area contributed by atoms with Crippen LogP contribution in [0.1, 0.15) is 5.56 Å². The molecule has 0 saturated heterocycles. The Kier molecular flexibility index (Phi) is 5.45. The van der Waals surface area contributed by atoms with Gasteiger partial charge in [-0.2, -0.15) is 0 Å². The van der Waals surface area contributed by atoms with Crippen LogP contribution in [0, 0.1) is 17.7 Å². The molecule has 0 aromatic heterocycles. The van der Waals surface area contributed by atoms with Crippen molar-refractivity contribution in [3.63, 3.8) is 0 Å². The smallest absolute Gasteiger partial charge is 0.165 e. The molecule has 0 unspecified atom stereocenters. The van der Waals surface area contributed by atoms with Crippen molar-refractivity contribution in [2.24, 2.45) is 0 Å². The third-order valence-corrected chi connectivity index (χ3v) is 2.98. The van der Waals surface area contributed by atoms with E-state index in [0.717, 1.165) is 6.26 Å². The van der Waals surface area contributed by atoms with Crippen molar-refractivity contribution >= 4 is 21.4 Å². The zero-order valence-corrected chi connectivity index (χ0v) is 11.3. The lowest BCUT2D eigenvalue weighted by Gasteiger charge is -2.06. The van der Waals surface area contributed by atoms with Crippen molar-refractivity contribution in [1.29, 1.82) is 0 Å². The maximum atomic E-state index is 13.4. The number of sulfone groups is 1. The van der Waals surface area contributed by atoms with Crippen molar-refractivity contribution < 1.29 is 17.5 Å². The molecule has 0 atom stereocenters. The van der Waals surface area contributed by atoms with Crippen LogP contribution in [0.15, 0.2) is 18.2 Å². The quantitative estimate of drug-likeness (QED) is 0.628. The van der Waals surface area contributed by atoms with Crippen molar-refractivity contribution in [1.82, 2.24) is 0 Å². The van der Waals surface area contributed by atoms with Crippen LogP contribution in [-0.2, 0) is 9.84 Å². The Balaban J connectivity index is 2.75. The van der Waals surface area contributed by atoms with E-state index in [4.69, 9.17) is 16.3 Å². The van der Waals surface area contributed by atoms with E-state index < -0.39 is 15.7 Å². The van der Waals surface area contributed by atoms with Crippen LogP contribution < -0.4 is 4.74 Å². The molecule has 3 nitrogen and oxygen atoms in total. The minimum absolute atomic E-state index is 0.0139. The third-order valence-electron chi connectivity index (χ3n) is 1.94. The summed E-state index contributed by atoms with van der Waals surface area (Å²) < 4.78 is 40.2. The second kappa shape index (κ2) is 6.62. The number of ether oxygens (including phenoxy) is 1. The van der Waals surface area contributed by atoms with Gasteiger partial charge < -0.3 is 4.74 Å². The van der Waals surface area contributed by atoms with Crippen molar-refractivity contribution in [3.05, 3.63) is 29.6 Å². The summed E-state index contributed by atoms with van der Waals surface area (Å²) in [5, 5.41) is 0. The summed E-state index contributed by atoms with van der Waals surface area (Å²) in [4.78, 5) is 0. The molecule has 0 aliphatic heterocycles. The van der Waals surface area contributed by atoms with Crippen LogP contribution in [0.25, 0.3) is 0 Å². The second-order valence-corrected chi connectivity index (χ2v) is 6.09. The highest BCUT2D eigenvalue weighted by molar-refractivity contribution is 7.90. The third kappa shape index (κ3) is 5.39. The zero-order valence-electron chi connectivity index (χ0n) is 9.74. The van der Waals surface area contributed by atoms with Crippen molar-refractivity contribution in [3.8, 4) is 17.6 Å². The predicted octanol–water partition coefficient (Wildman–Crippen LogP) is 1.84. The van der Waals surface area contributed by atoms with E-state index in [9.17, 15) is 12.8 Å². The van der Waals surface area contributed by atoms with Gasteiger partial charge in [0.1, 0.15) is 6.61 Å². The lowest BCUT2D eigenvalue weighted by Crippen LogP contribution is -2.12. The standard InChI is InChI=1S/C12H12ClFO3S/c1-18(15,16)8-7-17-12-9-10(3-2-6-13)4-5-11(12)14/h4-5,9H,6-8H2,1H3. The molecule has 18 heavy (non-hydrogen) atoms. The molecule has 1 aromatic carbocycles. The lowest BCUT2D eigenvalue weighted by atomic mass is 10.2. The molecule has 0 amide bonds. The van der Waals surface area contributed by atoms with Crippen LogP contribution in [0.5, 0.6) is 5.75 Å². The van der Waals surface area contributed by atoms with Gasteiger partial charge in [0.2, 0.25) is 0 Å². The maximum Gasteiger partial charge on any atom is 0.165 e. The molecule has 1 aromatic rings. The van der Waals surface area contributed by atoms with Crippen molar-refractivity contribution in [2.75, 3.05) is 24.5 Å². The van der Waals surface area contributed by atoms with Crippen LogP contribution in [0.2, 0.25) is 0 Å². The predicted molar refractivity (Wildman–Crippen MR) is 69.2 cm³/mol. The average Bonchev–Trinajstić information content (AvgIpc) is 2.28. The molecule has 1 rings (SSSR count). The molecule has 0 heterocycles. The van der Waals surface area contributed by atoms with Gasteiger partial charge in [0.05, 0.1) is 11.6 Å². The fourth-order valence-electron chi connectivity index (χ4n) is 1.13. The van der Waals surface area contributed by atoms with Crippen LogP contribution in [0.4, 0.5) is 4.39 Å². The molecule has 0 aliphatic rings. The summed E-state index contributed by atoms with van der Waals surface area (Å²) in [5.41, 5.74) is 0.561. The highest BCUT2D eigenvalue weighted by Gasteiger charge is 2.07. The summed E-state index contributed by atoms with van der Waals surface area (Å²) >= 11 is 5.41. The van der Waals surface area contributed by atoms with Gasteiger partial charge in [-0.25, -0.2) is 12.8 Å².